The number of nitrogens with two attached hydrogens (primary N) is 1. The van der Waals surface area contributed by atoms with Gasteiger partial charge in [0.15, 0.2) is 0 Å². The average Bonchev–Trinajstić information content (AvgIpc) is 2.74. The Morgan fingerprint density at radius 1 is 1.32 bits per heavy atom. The predicted molar refractivity (Wildman–Crippen MR) is 77.7 cm³/mol. The highest BCUT2D eigenvalue weighted by atomic mass is 16.5. The summed E-state index contributed by atoms with van der Waals surface area (Å²) in [7, 11) is 1.62. The number of ether oxygens (including phenoxy) is 1. The molecule has 0 aliphatic heterocycles. The van der Waals surface area contributed by atoms with Gasteiger partial charge < -0.3 is 15.0 Å². The van der Waals surface area contributed by atoms with Crippen LogP contribution < -0.4 is 10.5 Å². The van der Waals surface area contributed by atoms with Crippen LogP contribution in [0, 0.1) is 5.41 Å². The number of aromatic nitrogens is 2. The predicted octanol–water partition coefficient (Wildman–Crippen LogP) is 3.05. The first-order valence-corrected chi connectivity index (χ1v) is 6.36. The average molecular weight is 259 g/mol. The second-order valence-electron chi connectivity index (χ2n) is 5.92. The van der Waals surface area contributed by atoms with E-state index in [2.05, 4.69) is 30.3 Å². The molecule has 0 aliphatic carbocycles. The molecule has 102 valence electrons. The van der Waals surface area contributed by atoms with E-state index in [1.54, 1.807) is 7.11 Å². The maximum absolute atomic E-state index is 5.96. The number of nitrogen functional groups attached to an aromatic ring is 1. The van der Waals surface area contributed by atoms with Crippen molar-refractivity contribution < 1.29 is 4.74 Å². The molecular formula is C15H21N3O. The molecule has 1 aromatic heterocycles. The van der Waals surface area contributed by atoms with Crippen LogP contribution in [0.25, 0.3) is 5.69 Å². The SMILES string of the molecule is COc1ccc(-n2cncc2CC(C)(C)C)cc1N. The summed E-state index contributed by atoms with van der Waals surface area (Å²) in [6, 6.07) is 5.78. The standard InChI is InChI=1S/C15H21N3O/c1-15(2,3)8-12-9-17-10-18(12)11-5-6-14(19-4)13(16)7-11/h5-7,9-10H,8,16H2,1-4H3. The van der Waals surface area contributed by atoms with Crippen molar-refractivity contribution in [2.24, 2.45) is 5.41 Å². The summed E-state index contributed by atoms with van der Waals surface area (Å²) in [5.41, 5.74) is 9.00. The Morgan fingerprint density at radius 2 is 2.05 bits per heavy atom. The lowest BCUT2D eigenvalue weighted by Crippen LogP contribution is -2.12. The van der Waals surface area contributed by atoms with E-state index < -0.39 is 0 Å². The molecule has 4 heteroatoms. The molecule has 1 heterocycles. The number of rotatable bonds is 3. The summed E-state index contributed by atoms with van der Waals surface area (Å²) in [5, 5.41) is 0. The van der Waals surface area contributed by atoms with Crippen molar-refractivity contribution in [3.8, 4) is 11.4 Å². The summed E-state index contributed by atoms with van der Waals surface area (Å²) in [5.74, 6) is 0.696. The summed E-state index contributed by atoms with van der Waals surface area (Å²) in [6.45, 7) is 6.65. The summed E-state index contributed by atoms with van der Waals surface area (Å²) < 4.78 is 7.25. The van der Waals surface area contributed by atoms with Crippen LogP contribution in [0.1, 0.15) is 26.5 Å². The minimum Gasteiger partial charge on any atom is -0.495 e. The number of benzene rings is 1. The molecule has 0 aliphatic rings. The van der Waals surface area contributed by atoms with E-state index in [0.29, 0.717) is 11.4 Å². The molecule has 0 saturated carbocycles. The Morgan fingerprint density at radius 3 is 2.63 bits per heavy atom. The third-order valence-electron chi connectivity index (χ3n) is 2.92. The maximum Gasteiger partial charge on any atom is 0.141 e. The molecule has 0 atom stereocenters. The lowest BCUT2D eigenvalue weighted by molar-refractivity contribution is 0.403. The van der Waals surface area contributed by atoms with Crippen molar-refractivity contribution in [3.63, 3.8) is 0 Å². The van der Waals surface area contributed by atoms with Crippen LogP contribution >= 0.6 is 0 Å². The Hall–Kier alpha value is -1.97. The van der Waals surface area contributed by atoms with Crippen LogP contribution in [-0.4, -0.2) is 16.7 Å². The molecule has 0 unspecified atom stereocenters. The summed E-state index contributed by atoms with van der Waals surface area (Å²) in [6.07, 6.45) is 4.69. The molecule has 4 nitrogen and oxygen atoms in total. The number of nitrogens with zero attached hydrogens (tertiary/aromatic N) is 2. The van der Waals surface area contributed by atoms with E-state index in [4.69, 9.17) is 10.5 Å². The van der Waals surface area contributed by atoms with Crippen LogP contribution in [-0.2, 0) is 6.42 Å². The number of anilines is 1. The van der Waals surface area contributed by atoms with E-state index in [9.17, 15) is 0 Å². The smallest absolute Gasteiger partial charge is 0.141 e. The van der Waals surface area contributed by atoms with Crippen molar-refractivity contribution in [1.82, 2.24) is 9.55 Å². The fourth-order valence-electron chi connectivity index (χ4n) is 2.10. The van der Waals surface area contributed by atoms with Crippen LogP contribution in [0.2, 0.25) is 0 Å². The summed E-state index contributed by atoms with van der Waals surface area (Å²) in [4.78, 5) is 4.25. The topological polar surface area (TPSA) is 53.1 Å². The zero-order chi connectivity index (χ0) is 14.0. The van der Waals surface area contributed by atoms with Crippen molar-refractivity contribution in [1.29, 1.82) is 0 Å². The minimum absolute atomic E-state index is 0.218. The van der Waals surface area contributed by atoms with Crippen LogP contribution in [0.5, 0.6) is 5.75 Å². The molecular weight excluding hydrogens is 238 g/mol. The number of hydrogen-bond acceptors (Lipinski definition) is 3. The molecule has 0 saturated heterocycles. The van der Waals surface area contributed by atoms with Gasteiger partial charge in [0.1, 0.15) is 5.75 Å². The van der Waals surface area contributed by atoms with Gasteiger partial charge in [-0.2, -0.15) is 0 Å². The van der Waals surface area contributed by atoms with E-state index in [0.717, 1.165) is 12.1 Å². The number of imidazole rings is 1. The van der Waals surface area contributed by atoms with Gasteiger partial charge in [-0.1, -0.05) is 20.8 Å². The Bertz CT molecular complexity index is 567. The molecule has 0 fully saturated rings. The first kappa shape index (κ1) is 13.5. The largest absolute Gasteiger partial charge is 0.495 e. The van der Waals surface area contributed by atoms with Gasteiger partial charge in [-0.3, -0.25) is 0 Å². The van der Waals surface area contributed by atoms with E-state index in [-0.39, 0.29) is 5.41 Å². The Labute approximate surface area is 114 Å². The van der Waals surface area contributed by atoms with E-state index in [1.165, 1.54) is 5.69 Å². The van der Waals surface area contributed by atoms with Crippen LogP contribution in [0.15, 0.2) is 30.7 Å². The fraction of sp³-hybridized carbons (Fsp3) is 0.400. The first-order valence-electron chi connectivity index (χ1n) is 6.36. The zero-order valence-corrected chi connectivity index (χ0v) is 12.0. The molecule has 0 spiro atoms. The quantitative estimate of drug-likeness (QED) is 0.862. The molecule has 2 aromatic rings. The Kier molecular flexibility index (Phi) is 3.51. The lowest BCUT2D eigenvalue weighted by atomic mass is 9.91. The minimum atomic E-state index is 0.218. The van der Waals surface area contributed by atoms with Gasteiger partial charge in [0.05, 0.1) is 19.1 Å². The van der Waals surface area contributed by atoms with Gasteiger partial charge >= 0.3 is 0 Å². The van der Waals surface area contributed by atoms with Gasteiger partial charge in [0, 0.05) is 17.6 Å². The van der Waals surface area contributed by atoms with Gasteiger partial charge in [-0.25, -0.2) is 4.98 Å². The number of hydrogen-bond donors (Lipinski definition) is 1. The molecule has 2 N–H and O–H groups in total. The fourth-order valence-corrected chi connectivity index (χ4v) is 2.10. The highest BCUT2D eigenvalue weighted by Crippen LogP contribution is 2.26. The molecule has 19 heavy (non-hydrogen) atoms. The van der Waals surface area contributed by atoms with Crippen molar-refractivity contribution in [3.05, 3.63) is 36.4 Å². The van der Waals surface area contributed by atoms with Crippen molar-refractivity contribution in [2.45, 2.75) is 27.2 Å². The molecule has 1 aromatic carbocycles. The first-order chi connectivity index (χ1) is 8.90. The summed E-state index contributed by atoms with van der Waals surface area (Å²) >= 11 is 0. The van der Waals surface area contributed by atoms with Gasteiger partial charge in [0.25, 0.3) is 0 Å². The highest BCUT2D eigenvalue weighted by molar-refractivity contribution is 5.58. The number of methoxy groups -OCH3 is 1. The maximum atomic E-state index is 5.96. The monoisotopic (exact) mass is 259 g/mol. The highest BCUT2D eigenvalue weighted by Gasteiger charge is 2.15. The lowest BCUT2D eigenvalue weighted by Gasteiger charge is -2.19. The second-order valence-corrected chi connectivity index (χ2v) is 5.92. The molecule has 0 radical (unpaired) electrons. The van der Waals surface area contributed by atoms with Gasteiger partial charge in [-0.15, -0.1) is 0 Å². The second kappa shape index (κ2) is 4.96. The third-order valence-corrected chi connectivity index (χ3v) is 2.92. The molecule has 2 rings (SSSR count). The van der Waals surface area contributed by atoms with Crippen molar-refractivity contribution in [2.75, 3.05) is 12.8 Å². The third kappa shape index (κ3) is 3.08. The molecule has 0 amide bonds. The van der Waals surface area contributed by atoms with E-state index >= 15 is 0 Å². The molecule has 0 bridgehead atoms. The zero-order valence-electron chi connectivity index (χ0n) is 12.0. The van der Waals surface area contributed by atoms with E-state index in [1.807, 2.05) is 30.7 Å². The van der Waals surface area contributed by atoms with Crippen molar-refractivity contribution >= 4 is 5.69 Å². The van der Waals surface area contributed by atoms with Crippen LogP contribution in [0.3, 0.4) is 0 Å². The normalized spacial score (nSPS) is 11.6. The Balaban J connectivity index is 2.37. The van der Waals surface area contributed by atoms with Gasteiger partial charge in [0.2, 0.25) is 0 Å². The van der Waals surface area contributed by atoms with Crippen LogP contribution in [0.4, 0.5) is 5.69 Å². The van der Waals surface area contributed by atoms with Gasteiger partial charge in [-0.05, 0) is 30.0 Å².